The van der Waals surface area contributed by atoms with Gasteiger partial charge in [0.1, 0.15) is 24.4 Å². The van der Waals surface area contributed by atoms with Gasteiger partial charge in [-0.1, -0.05) is 0 Å². The molecule has 0 aromatic rings. The molecule has 0 saturated carbocycles. The summed E-state index contributed by atoms with van der Waals surface area (Å²) in [4.78, 5) is 0. The third-order valence-corrected chi connectivity index (χ3v) is 3.46. The molecule has 5 atom stereocenters. The van der Waals surface area contributed by atoms with Crippen LogP contribution in [0.15, 0.2) is 0 Å². The van der Waals surface area contributed by atoms with Gasteiger partial charge >= 0.3 is 0 Å². The molecule has 3 heterocycles. The minimum atomic E-state index is -0.978. The summed E-state index contributed by atoms with van der Waals surface area (Å²) in [6.07, 6.45) is -2.38. The molecule has 0 radical (unpaired) electrons. The minimum Gasteiger partial charge on any atom is -0.366 e. The molecule has 1 N–H and O–H groups in total. The lowest BCUT2D eigenvalue weighted by Gasteiger charge is -2.26. The Morgan fingerprint density at radius 3 is 2.17 bits per heavy atom. The van der Waals surface area contributed by atoms with Gasteiger partial charge in [0.25, 0.3) is 0 Å². The van der Waals surface area contributed by atoms with Crippen molar-refractivity contribution < 1.29 is 28.8 Å². The van der Waals surface area contributed by atoms with E-state index in [0.29, 0.717) is 6.61 Å². The average Bonchev–Trinajstić information content (AvgIpc) is 2.81. The third kappa shape index (κ3) is 2.07. The molecule has 0 aromatic heterocycles. The Morgan fingerprint density at radius 2 is 1.56 bits per heavy atom. The van der Waals surface area contributed by atoms with Gasteiger partial charge in [0, 0.05) is 0 Å². The summed E-state index contributed by atoms with van der Waals surface area (Å²) in [5, 5.41) is 9.87. The maximum atomic E-state index is 9.87. The number of ether oxygens (including phenoxy) is 5. The van der Waals surface area contributed by atoms with Gasteiger partial charge in [0.05, 0.1) is 6.61 Å². The van der Waals surface area contributed by atoms with Crippen molar-refractivity contribution in [3.63, 3.8) is 0 Å². The molecule has 0 unspecified atom stereocenters. The first-order valence-electron chi connectivity index (χ1n) is 6.28. The van der Waals surface area contributed by atoms with Crippen LogP contribution in [0.2, 0.25) is 0 Å². The van der Waals surface area contributed by atoms with Crippen LogP contribution in [-0.2, 0) is 23.7 Å². The van der Waals surface area contributed by atoms with E-state index in [9.17, 15) is 5.11 Å². The highest BCUT2D eigenvalue weighted by atomic mass is 16.8. The van der Waals surface area contributed by atoms with Crippen LogP contribution in [0.5, 0.6) is 0 Å². The topological polar surface area (TPSA) is 66.4 Å². The summed E-state index contributed by atoms with van der Waals surface area (Å²) in [6.45, 7) is 7.78. The fraction of sp³-hybridized carbons (Fsp3) is 1.00. The number of aliphatic hydroxyl groups is 1. The summed E-state index contributed by atoms with van der Waals surface area (Å²) in [5.74, 6) is -1.32. The van der Waals surface area contributed by atoms with E-state index >= 15 is 0 Å². The van der Waals surface area contributed by atoms with Crippen molar-refractivity contribution in [1.29, 1.82) is 0 Å². The lowest BCUT2D eigenvalue weighted by Crippen LogP contribution is -2.40. The van der Waals surface area contributed by atoms with Crippen molar-refractivity contribution in [3.8, 4) is 0 Å². The summed E-state index contributed by atoms with van der Waals surface area (Å²) in [7, 11) is 0. The highest BCUT2D eigenvalue weighted by Crippen LogP contribution is 2.41. The van der Waals surface area contributed by atoms with Gasteiger partial charge in [-0.2, -0.15) is 0 Å². The second-order valence-electron chi connectivity index (χ2n) is 5.92. The molecule has 0 aliphatic carbocycles. The van der Waals surface area contributed by atoms with Gasteiger partial charge in [0.2, 0.25) is 0 Å². The van der Waals surface area contributed by atoms with Crippen molar-refractivity contribution in [2.24, 2.45) is 0 Å². The second-order valence-corrected chi connectivity index (χ2v) is 5.92. The van der Waals surface area contributed by atoms with E-state index in [1.807, 2.05) is 27.7 Å². The Bertz CT molecular complexity index is 341. The highest BCUT2D eigenvalue weighted by molar-refractivity contribution is 4.99. The molecule has 3 fully saturated rings. The summed E-state index contributed by atoms with van der Waals surface area (Å²) < 4.78 is 28.2. The predicted octanol–water partition coefficient (Wildman–Crippen LogP) is 0.375. The molecule has 6 nitrogen and oxygen atoms in total. The summed E-state index contributed by atoms with van der Waals surface area (Å²) in [5.41, 5.74) is 0. The lowest BCUT2D eigenvalue weighted by atomic mass is 10.1. The van der Waals surface area contributed by atoms with Gasteiger partial charge < -0.3 is 28.8 Å². The van der Waals surface area contributed by atoms with Crippen LogP contribution in [0.25, 0.3) is 0 Å². The zero-order valence-corrected chi connectivity index (χ0v) is 11.1. The minimum absolute atomic E-state index is 0.248. The van der Waals surface area contributed by atoms with Crippen LogP contribution in [0.4, 0.5) is 0 Å². The van der Waals surface area contributed by atoms with E-state index in [2.05, 4.69) is 0 Å². The molecule has 18 heavy (non-hydrogen) atoms. The number of rotatable bonds is 1. The first-order chi connectivity index (χ1) is 8.27. The Morgan fingerprint density at radius 1 is 0.889 bits per heavy atom. The number of fused-ring (bicyclic) bond motifs is 1. The van der Waals surface area contributed by atoms with Crippen molar-refractivity contribution in [2.45, 2.75) is 70.0 Å². The molecular formula is C12H20O6. The first kappa shape index (κ1) is 12.8. The zero-order chi connectivity index (χ0) is 13.1. The molecule has 104 valence electrons. The summed E-state index contributed by atoms with van der Waals surface area (Å²) >= 11 is 0. The molecule has 0 bridgehead atoms. The molecule has 3 aliphatic heterocycles. The number of aliphatic hydroxyl groups excluding tert-OH is 1. The van der Waals surface area contributed by atoms with Crippen LogP contribution in [0.3, 0.4) is 0 Å². The first-order valence-corrected chi connectivity index (χ1v) is 6.28. The number of hydrogen-bond donors (Lipinski definition) is 1. The normalized spacial score (nSPS) is 49.5. The summed E-state index contributed by atoms with van der Waals surface area (Å²) in [6, 6.07) is 0. The molecule has 0 aromatic carbocycles. The van der Waals surface area contributed by atoms with Crippen molar-refractivity contribution in [1.82, 2.24) is 0 Å². The fourth-order valence-electron chi connectivity index (χ4n) is 2.78. The third-order valence-electron chi connectivity index (χ3n) is 3.46. The van der Waals surface area contributed by atoms with E-state index in [1.165, 1.54) is 0 Å². The maximum Gasteiger partial charge on any atom is 0.184 e. The van der Waals surface area contributed by atoms with Crippen LogP contribution in [-0.4, -0.2) is 54.0 Å². The number of hydrogen-bond acceptors (Lipinski definition) is 6. The van der Waals surface area contributed by atoms with E-state index < -0.39 is 24.0 Å². The molecule has 3 rings (SSSR count). The van der Waals surface area contributed by atoms with Gasteiger partial charge in [0.15, 0.2) is 17.9 Å². The van der Waals surface area contributed by atoms with Crippen LogP contribution in [0, 0.1) is 0 Å². The maximum absolute atomic E-state index is 9.87. The molecular weight excluding hydrogens is 240 g/mol. The van der Waals surface area contributed by atoms with Crippen LogP contribution < -0.4 is 0 Å². The van der Waals surface area contributed by atoms with E-state index in [-0.39, 0.29) is 18.3 Å². The monoisotopic (exact) mass is 260 g/mol. The smallest absolute Gasteiger partial charge is 0.184 e. The van der Waals surface area contributed by atoms with Crippen molar-refractivity contribution >= 4 is 0 Å². The standard InChI is InChI=1S/C12H20O6/c1-11(2)14-5-6(16-11)7-8-9(10(13)15-7)18-12(3,4)17-8/h6-10,13H,5H2,1-4H3/t6-,7-,8-,9-,10+/m1/s1. The Kier molecular flexibility index (Phi) is 2.75. The van der Waals surface area contributed by atoms with Crippen LogP contribution in [0.1, 0.15) is 27.7 Å². The quantitative estimate of drug-likeness (QED) is 0.735. The predicted molar refractivity (Wildman–Crippen MR) is 59.6 cm³/mol. The van der Waals surface area contributed by atoms with E-state index in [0.717, 1.165) is 0 Å². The largest absolute Gasteiger partial charge is 0.366 e. The van der Waals surface area contributed by atoms with E-state index in [1.54, 1.807) is 0 Å². The van der Waals surface area contributed by atoms with Crippen molar-refractivity contribution in [2.75, 3.05) is 6.61 Å². The van der Waals surface area contributed by atoms with Gasteiger partial charge in [-0.3, -0.25) is 0 Å². The molecule has 6 heteroatoms. The molecule has 3 aliphatic rings. The SMILES string of the molecule is CC1(C)O[C@H]2[C@@H](O1)[C@@H](O)O[C@@H]2[C@H]1COC(C)(C)O1. The zero-order valence-electron chi connectivity index (χ0n) is 11.1. The Balaban J connectivity index is 1.75. The van der Waals surface area contributed by atoms with Crippen LogP contribution >= 0.6 is 0 Å². The second kappa shape index (κ2) is 3.88. The fourth-order valence-corrected chi connectivity index (χ4v) is 2.78. The van der Waals surface area contributed by atoms with Gasteiger partial charge in [-0.05, 0) is 27.7 Å². The highest BCUT2D eigenvalue weighted by Gasteiger charge is 2.58. The lowest BCUT2D eigenvalue weighted by molar-refractivity contribution is -0.236. The molecule has 0 amide bonds. The van der Waals surface area contributed by atoms with Gasteiger partial charge in [-0.15, -0.1) is 0 Å². The average molecular weight is 260 g/mol. The van der Waals surface area contributed by atoms with E-state index in [4.69, 9.17) is 23.7 Å². The Hall–Kier alpha value is -0.240. The van der Waals surface area contributed by atoms with Gasteiger partial charge in [-0.25, -0.2) is 0 Å². The molecule has 3 saturated heterocycles. The Labute approximate surface area is 106 Å². The van der Waals surface area contributed by atoms with Crippen molar-refractivity contribution in [3.05, 3.63) is 0 Å². The molecule has 0 spiro atoms.